The smallest absolute Gasteiger partial charge is 0.319 e. The summed E-state index contributed by atoms with van der Waals surface area (Å²) in [5, 5.41) is 0. The molecule has 0 bridgehead atoms. The third-order valence-corrected chi connectivity index (χ3v) is 5.27. The molecule has 0 atom stereocenters. The van der Waals surface area contributed by atoms with Crippen LogP contribution in [0.5, 0.6) is 6.01 Å². The highest BCUT2D eigenvalue weighted by Gasteiger charge is 2.14. The van der Waals surface area contributed by atoms with Gasteiger partial charge in [0.1, 0.15) is 11.0 Å². The molecule has 0 aliphatic carbocycles. The summed E-state index contributed by atoms with van der Waals surface area (Å²) in [4.78, 5) is 14.5. The molecule has 7 nitrogen and oxygen atoms in total. The highest BCUT2D eigenvalue weighted by Crippen LogP contribution is 2.25. The van der Waals surface area contributed by atoms with Crippen molar-refractivity contribution in [2.24, 2.45) is 0 Å². The van der Waals surface area contributed by atoms with E-state index < -0.39 is 0 Å². The summed E-state index contributed by atoms with van der Waals surface area (Å²) in [6.07, 6.45) is 4.78. The van der Waals surface area contributed by atoms with E-state index in [1.54, 1.807) is 0 Å². The Morgan fingerprint density at radius 1 is 1.14 bits per heavy atom. The normalized spacial score (nSPS) is 15.1. The fourth-order valence-corrected chi connectivity index (χ4v) is 3.57. The van der Waals surface area contributed by atoms with E-state index in [-0.39, 0.29) is 0 Å². The number of H-pyrrole nitrogens is 1. The number of rotatable bonds is 8. The Hall–Kier alpha value is -2.64. The minimum Gasteiger partial charge on any atom is -0.463 e. The van der Waals surface area contributed by atoms with E-state index in [9.17, 15) is 0 Å². The number of hydrogen-bond acceptors (Lipinski definition) is 6. The van der Waals surface area contributed by atoms with Gasteiger partial charge in [-0.3, -0.25) is 4.90 Å². The molecule has 3 heterocycles. The average molecular weight is 396 g/mol. The number of anilines is 1. The summed E-state index contributed by atoms with van der Waals surface area (Å²) in [6, 6.07) is 9.16. The molecule has 0 spiro atoms. The molecule has 29 heavy (non-hydrogen) atoms. The van der Waals surface area contributed by atoms with E-state index in [0.29, 0.717) is 18.4 Å². The summed E-state index contributed by atoms with van der Waals surface area (Å²) in [7, 11) is 0. The highest BCUT2D eigenvalue weighted by molar-refractivity contribution is 5.87. The largest absolute Gasteiger partial charge is 0.463 e. The standard InChI is InChI=1S/C22H29N5O2/c1-2-3-10-29-22-25-19-18(14-24-20(19)21(23)26-22)13-16-4-6-17(7-5-16)15-27-8-11-28-12-9-27/h4-7,14,24H,2-3,8-13,15H2,1H3,(H2,23,25,26). The number of ether oxygens (including phenoxy) is 2. The molecule has 2 aromatic heterocycles. The number of nitrogens with two attached hydrogens (primary N) is 1. The van der Waals surface area contributed by atoms with E-state index >= 15 is 0 Å². The molecular weight excluding hydrogens is 366 g/mol. The Kier molecular flexibility index (Phi) is 6.27. The van der Waals surface area contributed by atoms with Gasteiger partial charge in [-0.2, -0.15) is 9.97 Å². The second-order valence-corrected chi connectivity index (χ2v) is 7.51. The fourth-order valence-electron chi connectivity index (χ4n) is 3.57. The van der Waals surface area contributed by atoms with Gasteiger partial charge >= 0.3 is 6.01 Å². The molecule has 1 fully saturated rings. The summed E-state index contributed by atoms with van der Waals surface area (Å²) in [6.45, 7) is 7.35. The molecular formula is C22H29N5O2. The average Bonchev–Trinajstić information content (AvgIpc) is 3.14. The van der Waals surface area contributed by atoms with Gasteiger partial charge in [-0.15, -0.1) is 0 Å². The predicted octanol–water partition coefficient (Wildman–Crippen LogP) is 3.14. The molecule has 0 saturated carbocycles. The van der Waals surface area contributed by atoms with Crippen LogP contribution < -0.4 is 10.5 Å². The van der Waals surface area contributed by atoms with Crippen LogP contribution in [0.1, 0.15) is 36.5 Å². The minimum atomic E-state index is 0.352. The lowest BCUT2D eigenvalue weighted by Crippen LogP contribution is -2.35. The van der Waals surface area contributed by atoms with Gasteiger partial charge in [0.25, 0.3) is 0 Å². The topological polar surface area (TPSA) is 89.3 Å². The number of aromatic amines is 1. The van der Waals surface area contributed by atoms with Gasteiger partial charge in [-0.05, 0) is 17.5 Å². The Morgan fingerprint density at radius 2 is 1.90 bits per heavy atom. The first-order valence-electron chi connectivity index (χ1n) is 10.4. The van der Waals surface area contributed by atoms with Crippen molar-refractivity contribution in [2.75, 3.05) is 38.6 Å². The second-order valence-electron chi connectivity index (χ2n) is 7.51. The van der Waals surface area contributed by atoms with Crippen molar-refractivity contribution in [1.29, 1.82) is 0 Å². The number of fused-ring (bicyclic) bond motifs is 1. The van der Waals surface area contributed by atoms with Crippen LogP contribution in [0.4, 0.5) is 5.82 Å². The molecule has 1 aromatic carbocycles. The van der Waals surface area contributed by atoms with Gasteiger partial charge in [0.2, 0.25) is 0 Å². The SMILES string of the molecule is CCCCOc1nc(N)c2[nH]cc(Cc3ccc(CN4CCOCC4)cc3)c2n1. The van der Waals surface area contributed by atoms with Crippen molar-refractivity contribution in [2.45, 2.75) is 32.7 Å². The molecule has 7 heteroatoms. The summed E-state index contributed by atoms with van der Waals surface area (Å²) in [5.41, 5.74) is 11.4. The van der Waals surface area contributed by atoms with E-state index in [0.717, 1.165) is 68.7 Å². The summed E-state index contributed by atoms with van der Waals surface area (Å²) >= 11 is 0. The number of unbranched alkanes of at least 4 members (excludes halogenated alkanes) is 1. The first kappa shape index (κ1) is 19.7. The number of nitrogens with one attached hydrogen (secondary N) is 1. The highest BCUT2D eigenvalue weighted by atomic mass is 16.5. The number of benzene rings is 1. The number of morpholine rings is 1. The van der Waals surface area contributed by atoms with E-state index in [2.05, 4.69) is 51.0 Å². The van der Waals surface area contributed by atoms with Crippen LogP contribution in [0.15, 0.2) is 30.5 Å². The van der Waals surface area contributed by atoms with Crippen molar-refractivity contribution in [3.63, 3.8) is 0 Å². The van der Waals surface area contributed by atoms with Gasteiger partial charge in [-0.1, -0.05) is 37.6 Å². The van der Waals surface area contributed by atoms with Crippen LogP contribution in [0.3, 0.4) is 0 Å². The number of hydrogen-bond donors (Lipinski definition) is 2. The van der Waals surface area contributed by atoms with Gasteiger partial charge < -0.3 is 20.2 Å². The van der Waals surface area contributed by atoms with Crippen LogP contribution in [-0.2, 0) is 17.7 Å². The Labute approximate surface area is 171 Å². The van der Waals surface area contributed by atoms with Gasteiger partial charge in [0, 0.05) is 37.8 Å². The number of nitrogens with zero attached hydrogens (tertiary/aromatic N) is 3. The Balaban J connectivity index is 1.46. The van der Waals surface area contributed by atoms with Crippen LogP contribution in [0.25, 0.3) is 11.0 Å². The molecule has 3 aromatic rings. The molecule has 1 saturated heterocycles. The van der Waals surface area contributed by atoms with Crippen molar-refractivity contribution in [3.05, 3.63) is 47.2 Å². The molecule has 3 N–H and O–H groups in total. The quantitative estimate of drug-likeness (QED) is 0.570. The Morgan fingerprint density at radius 3 is 2.66 bits per heavy atom. The van der Waals surface area contributed by atoms with E-state index in [4.69, 9.17) is 15.2 Å². The zero-order chi connectivity index (χ0) is 20.1. The van der Waals surface area contributed by atoms with Crippen molar-refractivity contribution in [1.82, 2.24) is 19.9 Å². The minimum absolute atomic E-state index is 0.352. The third kappa shape index (κ3) is 4.86. The molecule has 4 rings (SSSR count). The first-order chi connectivity index (χ1) is 14.2. The Bertz CT molecular complexity index is 932. The van der Waals surface area contributed by atoms with Crippen LogP contribution >= 0.6 is 0 Å². The zero-order valence-corrected chi connectivity index (χ0v) is 17.0. The molecule has 0 unspecified atom stereocenters. The monoisotopic (exact) mass is 395 g/mol. The molecule has 154 valence electrons. The lowest BCUT2D eigenvalue weighted by molar-refractivity contribution is 0.0342. The summed E-state index contributed by atoms with van der Waals surface area (Å²) < 4.78 is 11.1. The molecule has 1 aliphatic rings. The van der Waals surface area contributed by atoms with Crippen molar-refractivity contribution >= 4 is 16.9 Å². The van der Waals surface area contributed by atoms with Gasteiger partial charge in [-0.25, -0.2) is 0 Å². The zero-order valence-electron chi connectivity index (χ0n) is 17.0. The molecule has 0 radical (unpaired) electrons. The molecule has 0 amide bonds. The molecule has 1 aliphatic heterocycles. The maximum Gasteiger partial charge on any atom is 0.319 e. The van der Waals surface area contributed by atoms with Crippen molar-refractivity contribution < 1.29 is 9.47 Å². The van der Waals surface area contributed by atoms with Crippen LogP contribution in [-0.4, -0.2) is 52.8 Å². The van der Waals surface area contributed by atoms with E-state index in [1.165, 1.54) is 11.1 Å². The van der Waals surface area contributed by atoms with Crippen molar-refractivity contribution in [3.8, 4) is 6.01 Å². The maximum atomic E-state index is 6.10. The second kappa shape index (κ2) is 9.24. The third-order valence-electron chi connectivity index (χ3n) is 5.27. The van der Waals surface area contributed by atoms with Crippen LogP contribution in [0, 0.1) is 0 Å². The number of nitrogen functional groups attached to an aromatic ring is 1. The van der Waals surface area contributed by atoms with Gasteiger partial charge in [0.05, 0.1) is 19.8 Å². The van der Waals surface area contributed by atoms with Gasteiger partial charge in [0.15, 0.2) is 5.82 Å². The maximum absolute atomic E-state index is 6.10. The predicted molar refractivity (Wildman–Crippen MR) is 114 cm³/mol. The summed E-state index contributed by atoms with van der Waals surface area (Å²) in [5.74, 6) is 0.425. The lowest BCUT2D eigenvalue weighted by atomic mass is 10.0. The fraction of sp³-hybridized carbons (Fsp3) is 0.455. The van der Waals surface area contributed by atoms with Crippen LogP contribution in [0.2, 0.25) is 0 Å². The first-order valence-corrected chi connectivity index (χ1v) is 10.4. The lowest BCUT2D eigenvalue weighted by Gasteiger charge is -2.26. The number of aromatic nitrogens is 3. The van der Waals surface area contributed by atoms with E-state index in [1.807, 2.05) is 6.20 Å².